The molecule has 0 bridgehead atoms. The van der Waals surface area contributed by atoms with E-state index in [4.69, 9.17) is 0 Å². The fourth-order valence-corrected chi connectivity index (χ4v) is 2.56. The maximum Gasteiger partial charge on any atom is 0.182 e. The van der Waals surface area contributed by atoms with E-state index >= 15 is 0 Å². The fraction of sp³-hybridized carbons (Fsp3) is 0.462. The van der Waals surface area contributed by atoms with Gasteiger partial charge in [-0.2, -0.15) is 0 Å². The van der Waals surface area contributed by atoms with Crippen LogP contribution in [0.4, 0.5) is 10.9 Å². The van der Waals surface area contributed by atoms with Crippen LogP contribution in [0.25, 0.3) is 0 Å². The van der Waals surface area contributed by atoms with Crippen LogP contribution in [-0.2, 0) is 6.54 Å². The lowest BCUT2D eigenvalue weighted by Crippen LogP contribution is -2.05. The molecule has 0 unspecified atom stereocenters. The van der Waals surface area contributed by atoms with Crippen LogP contribution < -0.4 is 10.6 Å². The minimum absolute atomic E-state index is 0.579. The zero-order valence-corrected chi connectivity index (χ0v) is 11.9. The average molecular weight is 275 g/mol. The van der Waals surface area contributed by atoms with Gasteiger partial charge in [-0.1, -0.05) is 0 Å². The first-order valence-electron chi connectivity index (χ1n) is 6.46. The summed E-state index contributed by atoms with van der Waals surface area (Å²) in [5.41, 5.74) is 2.05. The molecule has 1 aliphatic rings. The van der Waals surface area contributed by atoms with Crippen LogP contribution in [0.15, 0.2) is 11.4 Å². The molecular weight excluding hydrogens is 258 g/mol. The van der Waals surface area contributed by atoms with Gasteiger partial charge >= 0.3 is 0 Å². The highest BCUT2D eigenvalue weighted by atomic mass is 32.1. The van der Waals surface area contributed by atoms with Crippen LogP contribution in [0, 0.1) is 6.92 Å². The summed E-state index contributed by atoms with van der Waals surface area (Å²) in [6.07, 6.45) is 2.45. The van der Waals surface area contributed by atoms with E-state index in [1.165, 1.54) is 12.8 Å². The number of rotatable bonds is 5. The van der Waals surface area contributed by atoms with Crippen molar-refractivity contribution in [2.75, 3.05) is 17.7 Å². The van der Waals surface area contributed by atoms with Gasteiger partial charge in [0.15, 0.2) is 5.13 Å². The summed E-state index contributed by atoms with van der Waals surface area (Å²) in [6, 6.07) is 1.98. The topological polar surface area (TPSA) is 62.7 Å². The third kappa shape index (κ3) is 3.01. The Bertz CT molecular complexity index is 576. The average Bonchev–Trinajstić information content (AvgIpc) is 3.15. The van der Waals surface area contributed by atoms with Crippen molar-refractivity contribution in [1.29, 1.82) is 0 Å². The Balaban J connectivity index is 1.68. The number of nitrogens with zero attached hydrogens (tertiary/aromatic N) is 3. The second-order valence-electron chi connectivity index (χ2n) is 4.77. The molecular formula is C13H17N5S. The normalized spacial score (nSPS) is 14.4. The highest BCUT2D eigenvalue weighted by Gasteiger charge is 2.26. The maximum absolute atomic E-state index is 4.58. The number of nitrogens with one attached hydrogen (secondary N) is 2. The summed E-state index contributed by atoms with van der Waals surface area (Å²) >= 11 is 1.61. The van der Waals surface area contributed by atoms with Crippen molar-refractivity contribution in [1.82, 2.24) is 15.0 Å². The van der Waals surface area contributed by atoms with Gasteiger partial charge in [0.05, 0.1) is 12.2 Å². The molecule has 0 aliphatic heterocycles. The summed E-state index contributed by atoms with van der Waals surface area (Å²) in [6.45, 7) is 2.71. The van der Waals surface area contributed by atoms with Gasteiger partial charge in [0.1, 0.15) is 11.6 Å². The molecule has 1 saturated carbocycles. The molecule has 1 aliphatic carbocycles. The quantitative estimate of drug-likeness (QED) is 0.878. The monoisotopic (exact) mass is 275 g/mol. The first-order chi connectivity index (χ1) is 9.24. The third-order valence-electron chi connectivity index (χ3n) is 3.03. The maximum atomic E-state index is 4.58. The first kappa shape index (κ1) is 12.3. The van der Waals surface area contributed by atoms with Gasteiger partial charge in [-0.3, -0.25) is 0 Å². The number of aryl methyl sites for hydroxylation is 1. The molecule has 2 N–H and O–H groups in total. The molecule has 1 fully saturated rings. The lowest BCUT2D eigenvalue weighted by atomic mass is 10.3. The standard InChI is InChI=1S/C13H17N5S/c1-8-5-11(18-12(16-8)9-3-4-9)15-6-10-7-19-13(14-2)17-10/h5,7,9H,3-4,6H2,1-2H3,(H,14,17)(H,15,16,18). The predicted molar refractivity (Wildman–Crippen MR) is 77.7 cm³/mol. The molecule has 2 aromatic heterocycles. The van der Waals surface area contributed by atoms with Crippen molar-refractivity contribution < 1.29 is 0 Å². The van der Waals surface area contributed by atoms with Crippen molar-refractivity contribution in [3.63, 3.8) is 0 Å². The number of aromatic nitrogens is 3. The Kier molecular flexibility index (Phi) is 3.33. The molecule has 3 rings (SSSR count). The van der Waals surface area contributed by atoms with Crippen molar-refractivity contribution in [2.45, 2.75) is 32.2 Å². The van der Waals surface area contributed by atoms with Crippen LogP contribution in [-0.4, -0.2) is 22.0 Å². The lowest BCUT2D eigenvalue weighted by molar-refractivity contribution is 0.899. The van der Waals surface area contributed by atoms with Crippen LogP contribution in [0.5, 0.6) is 0 Å². The summed E-state index contributed by atoms with van der Waals surface area (Å²) in [5, 5.41) is 9.36. The summed E-state index contributed by atoms with van der Waals surface area (Å²) in [4.78, 5) is 13.5. The SMILES string of the molecule is CNc1nc(CNc2cc(C)nc(C3CC3)n2)cs1. The summed E-state index contributed by atoms with van der Waals surface area (Å²) < 4.78 is 0. The van der Waals surface area contributed by atoms with Gasteiger partial charge in [-0.15, -0.1) is 11.3 Å². The van der Waals surface area contributed by atoms with E-state index < -0.39 is 0 Å². The highest BCUT2D eigenvalue weighted by molar-refractivity contribution is 7.13. The highest BCUT2D eigenvalue weighted by Crippen LogP contribution is 2.38. The van der Waals surface area contributed by atoms with Gasteiger partial charge in [-0.05, 0) is 19.8 Å². The van der Waals surface area contributed by atoms with Gasteiger partial charge in [0.2, 0.25) is 0 Å². The van der Waals surface area contributed by atoms with Gasteiger partial charge < -0.3 is 10.6 Å². The van der Waals surface area contributed by atoms with E-state index in [2.05, 4.69) is 31.0 Å². The summed E-state index contributed by atoms with van der Waals surface area (Å²) in [5.74, 6) is 2.46. The van der Waals surface area contributed by atoms with Crippen molar-refractivity contribution in [3.05, 3.63) is 28.7 Å². The van der Waals surface area contributed by atoms with E-state index in [1.807, 2.05) is 20.0 Å². The molecule has 6 heteroatoms. The van der Waals surface area contributed by atoms with Crippen molar-refractivity contribution in [2.24, 2.45) is 0 Å². The van der Waals surface area contributed by atoms with Crippen molar-refractivity contribution in [3.8, 4) is 0 Å². The number of hydrogen-bond donors (Lipinski definition) is 2. The Morgan fingerprint density at radius 2 is 2.16 bits per heavy atom. The van der Waals surface area contributed by atoms with Crippen LogP contribution in [0.3, 0.4) is 0 Å². The molecule has 2 aromatic rings. The van der Waals surface area contributed by atoms with Gasteiger partial charge in [0, 0.05) is 30.1 Å². The zero-order chi connectivity index (χ0) is 13.2. The number of hydrogen-bond acceptors (Lipinski definition) is 6. The van der Waals surface area contributed by atoms with Crippen LogP contribution >= 0.6 is 11.3 Å². The van der Waals surface area contributed by atoms with Crippen LogP contribution in [0.1, 0.15) is 36.0 Å². The van der Waals surface area contributed by atoms with Crippen LogP contribution in [0.2, 0.25) is 0 Å². The lowest BCUT2D eigenvalue weighted by Gasteiger charge is -2.06. The minimum Gasteiger partial charge on any atom is -0.365 e. The second kappa shape index (κ2) is 5.13. The van der Waals surface area contributed by atoms with E-state index in [0.29, 0.717) is 12.5 Å². The molecule has 0 radical (unpaired) electrons. The third-order valence-corrected chi connectivity index (χ3v) is 3.94. The first-order valence-corrected chi connectivity index (χ1v) is 7.34. The zero-order valence-electron chi connectivity index (χ0n) is 11.1. The Morgan fingerprint density at radius 3 is 2.84 bits per heavy atom. The molecule has 0 aromatic carbocycles. The minimum atomic E-state index is 0.579. The predicted octanol–water partition coefficient (Wildman–Crippen LogP) is 2.77. The summed E-state index contributed by atoms with van der Waals surface area (Å²) in [7, 11) is 1.88. The number of anilines is 2. The Hall–Kier alpha value is -1.69. The Labute approximate surface area is 116 Å². The smallest absolute Gasteiger partial charge is 0.182 e. The van der Waals surface area contributed by atoms with E-state index in [-0.39, 0.29) is 0 Å². The number of thiazole rings is 1. The largest absolute Gasteiger partial charge is 0.365 e. The molecule has 0 atom stereocenters. The van der Waals surface area contributed by atoms with E-state index in [0.717, 1.165) is 28.2 Å². The van der Waals surface area contributed by atoms with Gasteiger partial charge in [0.25, 0.3) is 0 Å². The van der Waals surface area contributed by atoms with Gasteiger partial charge in [-0.25, -0.2) is 15.0 Å². The molecule has 5 nitrogen and oxygen atoms in total. The van der Waals surface area contributed by atoms with E-state index in [1.54, 1.807) is 11.3 Å². The fourth-order valence-electron chi connectivity index (χ4n) is 1.89. The molecule has 0 amide bonds. The molecule has 2 heterocycles. The molecule has 0 spiro atoms. The van der Waals surface area contributed by atoms with Crippen molar-refractivity contribution >= 4 is 22.3 Å². The molecule has 100 valence electrons. The Morgan fingerprint density at radius 1 is 1.32 bits per heavy atom. The molecule has 19 heavy (non-hydrogen) atoms. The molecule has 0 saturated heterocycles. The second-order valence-corrected chi connectivity index (χ2v) is 5.63. The van der Waals surface area contributed by atoms with E-state index in [9.17, 15) is 0 Å².